The molecule has 10 heteroatoms. The maximum Gasteiger partial charge on any atom is 0.352 e. The van der Waals surface area contributed by atoms with Crippen LogP contribution in [0.3, 0.4) is 0 Å². The molecule has 1 aromatic rings. The van der Waals surface area contributed by atoms with Crippen molar-refractivity contribution in [2.24, 2.45) is 7.05 Å². The van der Waals surface area contributed by atoms with Gasteiger partial charge in [0.1, 0.15) is 18.3 Å². The van der Waals surface area contributed by atoms with E-state index in [0.29, 0.717) is 11.0 Å². The van der Waals surface area contributed by atoms with E-state index in [1.165, 1.54) is 11.6 Å². The molecule has 1 aromatic carbocycles. The minimum atomic E-state index is -1.63. The van der Waals surface area contributed by atoms with E-state index >= 15 is 0 Å². The highest BCUT2D eigenvalue weighted by Gasteiger charge is 2.27. The van der Waals surface area contributed by atoms with Crippen molar-refractivity contribution in [2.45, 2.75) is 24.9 Å². The Bertz CT molecular complexity index is 1030. The zero-order valence-corrected chi connectivity index (χ0v) is 13.8. The average molecular weight is 362 g/mol. The summed E-state index contributed by atoms with van der Waals surface area (Å²) >= 11 is 0. The lowest BCUT2D eigenvalue weighted by molar-refractivity contribution is -0.0802. The van der Waals surface area contributed by atoms with E-state index in [0.717, 1.165) is 4.57 Å². The fourth-order valence-electron chi connectivity index (χ4n) is 2.71. The number of aliphatic hydroxyl groups excluding tert-OH is 4. The molecule has 2 heterocycles. The molecule has 0 aliphatic carbocycles. The zero-order chi connectivity index (χ0) is 19.0. The van der Waals surface area contributed by atoms with E-state index in [9.17, 15) is 24.9 Å². The Morgan fingerprint density at radius 3 is 2.46 bits per heavy atom. The maximum absolute atomic E-state index is 12.4. The van der Waals surface area contributed by atoms with Gasteiger partial charge in [-0.25, -0.2) is 9.78 Å². The summed E-state index contributed by atoms with van der Waals surface area (Å²) < 4.78 is 2.22. The largest absolute Gasteiger partial charge is 0.394 e. The number of fused-ring (bicyclic) bond motifs is 2. The molecule has 2 aliphatic heterocycles. The van der Waals surface area contributed by atoms with Gasteiger partial charge >= 0.3 is 5.69 Å². The zero-order valence-electron chi connectivity index (χ0n) is 13.8. The first kappa shape index (κ1) is 18.1. The molecule has 0 amide bonds. The third-order valence-corrected chi connectivity index (χ3v) is 4.21. The van der Waals surface area contributed by atoms with E-state index in [1.54, 1.807) is 24.3 Å². The van der Waals surface area contributed by atoms with Gasteiger partial charge in [0, 0.05) is 7.05 Å². The van der Waals surface area contributed by atoms with Gasteiger partial charge in [0.2, 0.25) is 0 Å². The quantitative estimate of drug-likeness (QED) is 0.369. The van der Waals surface area contributed by atoms with Gasteiger partial charge in [-0.15, -0.1) is 0 Å². The highest BCUT2D eigenvalue weighted by Crippen LogP contribution is 2.21. The Morgan fingerprint density at radius 2 is 1.77 bits per heavy atom. The number of aromatic nitrogens is 4. The molecular weight excluding hydrogens is 344 g/mol. The van der Waals surface area contributed by atoms with Crippen molar-refractivity contribution in [1.82, 2.24) is 19.1 Å². The SMILES string of the molecule is Cn1c(=O)nc2n(C[C@H](O)[C@H](O)[C@H](O)CO)c3ccccc3nc-2c1=O. The van der Waals surface area contributed by atoms with Crippen LogP contribution in [-0.2, 0) is 13.6 Å². The van der Waals surface area contributed by atoms with E-state index in [2.05, 4.69) is 9.97 Å². The lowest BCUT2D eigenvalue weighted by Gasteiger charge is -2.24. The van der Waals surface area contributed by atoms with Crippen LogP contribution in [0, 0.1) is 0 Å². The lowest BCUT2D eigenvalue weighted by Crippen LogP contribution is -2.42. The summed E-state index contributed by atoms with van der Waals surface area (Å²) in [4.78, 5) is 32.4. The van der Waals surface area contributed by atoms with E-state index < -0.39 is 36.2 Å². The predicted octanol–water partition coefficient (Wildman–Crippen LogP) is -2.33. The van der Waals surface area contributed by atoms with E-state index in [4.69, 9.17) is 5.11 Å². The summed E-state index contributed by atoms with van der Waals surface area (Å²) in [5, 5.41) is 38.6. The first-order valence-electron chi connectivity index (χ1n) is 7.86. The average Bonchev–Trinajstić information content (AvgIpc) is 2.65. The molecule has 10 nitrogen and oxygen atoms in total. The second-order valence-corrected chi connectivity index (χ2v) is 5.95. The molecule has 0 saturated heterocycles. The molecule has 3 rings (SSSR count). The van der Waals surface area contributed by atoms with Crippen LogP contribution in [0.15, 0.2) is 33.9 Å². The van der Waals surface area contributed by atoms with Crippen LogP contribution in [0.1, 0.15) is 0 Å². The molecule has 138 valence electrons. The number of para-hydroxylation sites is 2. The van der Waals surface area contributed by atoms with Gasteiger partial charge in [0.15, 0.2) is 11.5 Å². The Morgan fingerprint density at radius 1 is 1.08 bits per heavy atom. The van der Waals surface area contributed by atoms with Crippen LogP contribution in [-0.4, -0.2) is 64.4 Å². The number of rotatable bonds is 5. The van der Waals surface area contributed by atoms with Crippen LogP contribution < -0.4 is 11.2 Å². The first-order valence-corrected chi connectivity index (χ1v) is 7.86. The van der Waals surface area contributed by atoms with Crippen LogP contribution in [0.4, 0.5) is 0 Å². The van der Waals surface area contributed by atoms with Crippen molar-refractivity contribution in [3.05, 3.63) is 45.1 Å². The van der Waals surface area contributed by atoms with Gasteiger partial charge in [0.25, 0.3) is 5.56 Å². The van der Waals surface area contributed by atoms with Gasteiger partial charge in [0.05, 0.1) is 24.2 Å². The molecule has 0 fully saturated rings. The number of hydrogen-bond acceptors (Lipinski definition) is 8. The maximum atomic E-state index is 12.4. The topological polar surface area (TPSA) is 151 Å². The lowest BCUT2D eigenvalue weighted by atomic mass is 10.1. The number of aliphatic hydroxyl groups is 4. The molecule has 0 unspecified atom stereocenters. The predicted molar refractivity (Wildman–Crippen MR) is 90.8 cm³/mol. The molecular formula is C16H18N4O6. The van der Waals surface area contributed by atoms with Crippen LogP contribution >= 0.6 is 0 Å². The monoisotopic (exact) mass is 362 g/mol. The third-order valence-electron chi connectivity index (χ3n) is 4.21. The van der Waals surface area contributed by atoms with Gasteiger partial charge in [-0.3, -0.25) is 9.36 Å². The van der Waals surface area contributed by atoms with Crippen LogP contribution in [0.2, 0.25) is 0 Å². The Kier molecular flexibility index (Phi) is 4.83. The van der Waals surface area contributed by atoms with Crippen LogP contribution in [0.25, 0.3) is 22.6 Å². The molecule has 0 aromatic heterocycles. The Hall–Kier alpha value is -2.66. The van der Waals surface area contributed by atoms with Crippen LogP contribution in [0.5, 0.6) is 0 Å². The Balaban J connectivity index is 2.24. The van der Waals surface area contributed by atoms with Crippen molar-refractivity contribution in [3.63, 3.8) is 0 Å². The summed E-state index contributed by atoms with van der Waals surface area (Å²) in [6.45, 7) is -1.01. The molecule has 3 atom stereocenters. The van der Waals surface area contributed by atoms with Crippen molar-refractivity contribution in [1.29, 1.82) is 0 Å². The summed E-state index contributed by atoms with van der Waals surface area (Å²) in [5.74, 6) is -0.0402. The summed E-state index contributed by atoms with van der Waals surface area (Å²) in [6, 6.07) is 6.73. The van der Waals surface area contributed by atoms with E-state index in [-0.39, 0.29) is 18.1 Å². The molecule has 0 spiro atoms. The number of benzene rings is 1. The third kappa shape index (κ3) is 2.99. The smallest absolute Gasteiger partial charge is 0.352 e. The normalized spacial score (nSPS) is 15.3. The second-order valence-electron chi connectivity index (χ2n) is 5.95. The fraction of sp³-hybridized carbons (Fsp3) is 0.375. The molecule has 0 bridgehead atoms. The molecule has 26 heavy (non-hydrogen) atoms. The highest BCUT2D eigenvalue weighted by atomic mass is 16.4. The van der Waals surface area contributed by atoms with Crippen molar-refractivity contribution < 1.29 is 20.4 Å². The fourth-order valence-corrected chi connectivity index (χ4v) is 2.71. The van der Waals surface area contributed by atoms with Crippen molar-refractivity contribution >= 4 is 11.0 Å². The molecule has 2 aliphatic rings. The number of nitrogens with zero attached hydrogens (tertiary/aromatic N) is 4. The molecule has 0 radical (unpaired) electrons. The van der Waals surface area contributed by atoms with Gasteiger partial charge in [-0.1, -0.05) is 12.1 Å². The van der Waals surface area contributed by atoms with Gasteiger partial charge < -0.3 is 25.0 Å². The minimum absolute atomic E-state index is 0.0402. The Labute approximate surface area is 146 Å². The summed E-state index contributed by atoms with van der Waals surface area (Å²) in [5.41, 5.74) is -0.564. The summed E-state index contributed by atoms with van der Waals surface area (Å²) in [7, 11) is 1.29. The molecule has 0 saturated carbocycles. The van der Waals surface area contributed by atoms with Crippen molar-refractivity contribution in [3.8, 4) is 11.5 Å². The number of hydrogen-bond donors (Lipinski definition) is 4. The van der Waals surface area contributed by atoms with Gasteiger partial charge in [-0.05, 0) is 12.1 Å². The summed E-state index contributed by atoms with van der Waals surface area (Å²) in [6.07, 6.45) is -4.66. The minimum Gasteiger partial charge on any atom is -0.394 e. The van der Waals surface area contributed by atoms with E-state index in [1.807, 2.05) is 0 Å². The van der Waals surface area contributed by atoms with Crippen molar-refractivity contribution in [2.75, 3.05) is 6.61 Å². The first-order chi connectivity index (χ1) is 12.3. The molecule has 4 N–H and O–H groups in total. The standard InChI is InChI=1S/C16H18N4O6/c1-19-15(25)12-14(18-16(19)26)20(6-10(22)13(24)11(23)7-21)9-5-3-2-4-8(9)17-12/h2-5,10-11,13,21-24H,6-7H2,1H3/t10-,11+,13-/m0/s1. The second kappa shape index (κ2) is 6.92. The van der Waals surface area contributed by atoms with Gasteiger partial charge in [-0.2, -0.15) is 4.98 Å². The highest BCUT2D eigenvalue weighted by molar-refractivity contribution is 5.79.